The minimum atomic E-state index is -1.02. The molecule has 0 aromatic heterocycles. The summed E-state index contributed by atoms with van der Waals surface area (Å²) in [5, 5.41) is 0. The number of likely N-dealkylation sites (tertiary alicyclic amines) is 2. The fraction of sp³-hybridized carbons (Fsp3) is 0.462. The molecule has 4 N–H and O–H groups in total. The third-order valence-electron chi connectivity index (χ3n) is 6.07. The number of piperidine rings is 2. The minimum absolute atomic E-state index is 0.217. The van der Waals surface area contributed by atoms with Gasteiger partial charge in [0.25, 0.3) is 0 Å². The van der Waals surface area contributed by atoms with Crippen molar-refractivity contribution in [1.82, 2.24) is 9.80 Å². The molecule has 2 heterocycles. The van der Waals surface area contributed by atoms with E-state index >= 15 is 0 Å². The predicted molar refractivity (Wildman–Crippen MR) is 131 cm³/mol. The summed E-state index contributed by atoms with van der Waals surface area (Å²) in [5.74, 6) is 0. The lowest BCUT2D eigenvalue weighted by atomic mass is 10.1. The van der Waals surface area contributed by atoms with Gasteiger partial charge in [0, 0.05) is 26.2 Å². The molecule has 0 aliphatic carbocycles. The van der Waals surface area contributed by atoms with Gasteiger partial charge in [-0.25, -0.2) is 18.4 Å². The highest BCUT2D eigenvalue weighted by molar-refractivity contribution is 5.68. The highest BCUT2D eigenvalue weighted by Crippen LogP contribution is 2.15. The summed E-state index contributed by atoms with van der Waals surface area (Å²) in [4.78, 5) is 26.4. The molecule has 2 aromatic carbocycles. The first kappa shape index (κ1) is 27.3. The quantitative estimate of drug-likeness (QED) is 0.660. The zero-order chi connectivity index (χ0) is 25.9. The van der Waals surface area contributed by atoms with E-state index in [1.807, 2.05) is 60.7 Å². The molecule has 2 aliphatic rings. The molecule has 0 spiro atoms. The molecule has 10 heteroatoms. The molecule has 196 valence electrons. The minimum Gasteiger partial charge on any atom is -0.445 e. The van der Waals surface area contributed by atoms with Crippen LogP contribution in [-0.2, 0) is 22.7 Å². The molecule has 2 amide bonds. The highest BCUT2D eigenvalue weighted by atomic mass is 19.1. The van der Waals surface area contributed by atoms with Crippen molar-refractivity contribution >= 4 is 12.2 Å². The maximum Gasteiger partial charge on any atom is 0.410 e. The van der Waals surface area contributed by atoms with E-state index < -0.39 is 36.6 Å². The standard InChI is InChI=1S/2C13H17FN2O2/c2*14-11-6-7-16(8-12(11)15)13(17)18-9-10-4-2-1-3-5-10/h2*1-5,11-12H,6-9,15H2/t2*11-,12-/m10/s1. The van der Waals surface area contributed by atoms with E-state index in [1.54, 1.807) is 0 Å². The van der Waals surface area contributed by atoms with Crippen LogP contribution < -0.4 is 11.5 Å². The molecule has 0 saturated carbocycles. The van der Waals surface area contributed by atoms with Crippen molar-refractivity contribution in [2.45, 2.75) is 50.5 Å². The molecule has 2 saturated heterocycles. The largest absolute Gasteiger partial charge is 0.445 e. The molecule has 2 aliphatic heterocycles. The molecule has 4 atom stereocenters. The Balaban J connectivity index is 0.000000201. The summed E-state index contributed by atoms with van der Waals surface area (Å²) in [6.45, 7) is 1.61. The number of amides is 2. The molecule has 0 unspecified atom stereocenters. The van der Waals surface area contributed by atoms with Gasteiger partial charge in [0.2, 0.25) is 0 Å². The molecular weight excluding hydrogens is 470 g/mol. The summed E-state index contributed by atoms with van der Waals surface area (Å²) in [6, 6.07) is 17.6. The first-order valence-electron chi connectivity index (χ1n) is 12.0. The van der Waals surface area contributed by atoms with Crippen LogP contribution in [0, 0.1) is 0 Å². The van der Waals surface area contributed by atoms with E-state index in [2.05, 4.69) is 0 Å². The molecule has 0 radical (unpaired) electrons. The second-order valence-electron chi connectivity index (χ2n) is 8.91. The Morgan fingerprint density at radius 2 is 1.08 bits per heavy atom. The molecule has 8 nitrogen and oxygen atoms in total. The first-order valence-corrected chi connectivity index (χ1v) is 12.0. The van der Waals surface area contributed by atoms with Crippen LogP contribution in [0.5, 0.6) is 0 Å². The topological polar surface area (TPSA) is 111 Å². The second kappa shape index (κ2) is 13.7. The number of halogens is 2. The normalized spacial score (nSPS) is 23.8. The van der Waals surface area contributed by atoms with Gasteiger partial charge < -0.3 is 30.7 Å². The van der Waals surface area contributed by atoms with Gasteiger partial charge >= 0.3 is 12.2 Å². The number of nitrogens with two attached hydrogens (primary N) is 2. The Morgan fingerprint density at radius 3 is 1.42 bits per heavy atom. The summed E-state index contributed by atoms with van der Waals surface area (Å²) in [7, 11) is 0. The smallest absolute Gasteiger partial charge is 0.410 e. The summed E-state index contributed by atoms with van der Waals surface area (Å²) >= 11 is 0. The lowest BCUT2D eigenvalue weighted by Gasteiger charge is -2.32. The van der Waals surface area contributed by atoms with Crippen LogP contribution in [0.1, 0.15) is 24.0 Å². The van der Waals surface area contributed by atoms with E-state index in [0.717, 1.165) is 11.1 Å². The SMILES string of the molecule is N[C@@H]1CN(C(=O)OCc2ccccc2)CC[C@H]1F.N[C@H]1CN(C(=O)OCc2ccccc2)CC[C@@H]1F. The van der Waals surface area contributed by atoms with Gasteiger partial charge in [-0.05, 0) is 24.0 Å². The lowest BCUT2D eigenvalue weighted by molar-refractivity contribution is 0.0696. The third kappa shape index (κ3) is 8.46. The van der Waals surface area contributed by atoms with Gasteiger partial charge in [0.1, 0.15) is 25.6 Å². The van der Waals surface area contributed by atoms with Crippen molar-refractivity contribution < 1.29 is 27.8 Å². The fourth-order valence-corrected chi connectivity index (χ4v) is 3.86. The van der Waals surface area contributed by atoms with Gasteiger partial charge in [0.15, 0.2) is 0 Å². The Bertz CT molecular complexity index is 876. The first-order chi connectivity index (χ1) is 17.3. The van der Waals surface area contributed by atoms with Crippen LogP contribution in [0.15, 0.2) is 60.7 Å². The van der Waals surface area contributed by atoms with Crippen molar-refractivity contribution in [3.8, 4) is 0 Å². The molecular formula is C26H34F2N4O4. The van der Waals surface area contributed by atoms with Crippen LogP contribution >= 0.6 is 0 Å². The average molecular weight is 505 g/mol. The number of alkyl halides is 2. The van der Waals surface area contributed by atoms with E-state index in [0.29, 0.717) is 13.1 Å². The van der Waals surface area contributed by atoms with Crippen molar-refractivity contribution in [3.63, 3.8) is 0 Å². The lowest BCUT2D eigenvalue weighted by Crippen LogP contribution is -2.51. The average Bonchev–Trinajstić information content (AvgIpc) is 2.90. The number of hydrogen-bond donors (Lipinski definition) is 2. The van der Waals surface area contributed by atoms with Gasteiger partial charge in [-0.2, -0.15) is 0 Å². The summed E-state index contributed by atoms with van der Waals surface area (Å²) in [6.07, 6.45) is -2.35. The Labute approximate surface area is 210 Å². The van der Waals surface area contributed by atoms with Gasteiger partial charge in [-0.1, -0.05) is 60.7 Å². The maximum absolute atomic E-state index is 13.2. The predicted octanol–water partition coefficient (Wildman–Crippen LogP) is 3.39. The number of hydrogen-bond acceptors (Lipinski definition) is 6. The Kier molecular flexibility index (Phi) is 10.4. The van der Waals surface area contributed by atoms with Crippen molar-refractivity contribution in [2.75, 3.05) is 26.2 Å². The molecule has 2 aromatic rings. The number of ether oxygens (including phenoxy) is 2. The van der Waals surface area contributed by atoms with E-state index in [9.17, 15) is 18.4 Å². The monoisotopic (exact) mass is 504 g/mol. The van der Waals surface area contributed by atoms with Crippen LogP contribution in [-0.4, -0.2) is 72.6 Å². The molecule has 4 rings (SSSR count). The van der Waals surface area contributed by atoms with Crippen LogP contribution in [0.25, 0.3) is 0 Å². The number of carbonyl (C=O) groups excluding carboxylic acids is 2. The van der Waals surface area contributed by atoms with Crippen molar-refractivity contribution in [2.24, 2.45) is 11.5 Å². The third-order valence-corrected chi connectivity index (χ3v) is 6.07. The number of rotatable bonds is 4. The van der Waals surface area contributed by atoms with Gasteiger partial charge in [-0.3, -0.25) is 0 Å². The molecule has 2 fully saturated rings. The second-order valence-corrected chi connectivity index (χ2v) is 8.91. The highest BCUT2D eigenvalue weighted by Gasteiger charge is 2.30. The maximum atomic E-state index is 13.2. The molecule has 0 bridgehead atoms. The Morgan fingerprint density at radius 1 is 0.722 bits per heavy atom. The van der Waals surface area contributed by atoms with E-state index in [4.69, 9.17) is 20.9 Å². The van der Waals surface area contributed by atoms with Gasteiger partial charge in [0.05, 0.1) is 12.1 Å². The summed E-state index contributed by atoms with van der Waals surface area (Å²) < 4.78 is 36.6. The van der Waals surface area contributed by atoms with E-state index in [1.165, 1.54) is 9.80 Å². The number of nitrogens with zero attached hydrogens (tertiary/aromatic N) is 2. The van der Waals surface area contributed by atoms with Crippen molar-refractivity contribution in [3.05, 3.63) is 71.8 Å². The van der Waals surface area contributed by atoms with Crippen LogP contribution in [0.3, 0.4) is 0 Å². The van der Waals surface area contributed by atoms with Gasteiger partial charge in [-0.15, -0.1) is 0 Å². The van der Waals surface area contributed by atoms with Crippen molar-refractivity contribution in [1.29, 1.82) is 0 Å². The Hall–Kier alpha value is -3.24. The zero-order valence-corrected chi connectivity index (χ0v) is 20.2. The fourth-order valence-electron chi connectivity index (χ4n) is 3.86. The number of benzene rings is 2. The summed E-state index contributed by atoms with van der Waals surface area (Å²) in [5.41, 5.74) is 13.0. The zero-order valence-electron chi connectivity index (χ0n) is 20.2. The molecule has 36 heavy (non-hydrogen) atoms. The van der Waals surface area contributed by atoms with Crippen LogP contribution in [0.4, 0.5) is 18.4 Å². The van der Waals surface area contributed by atoms with E-state index in [-0.39, 0.29) is 39.1 Å². The van der Waals surface area contributed by atoms with Crippen LogP contribution in [0.2, 0.25) is 0 Å². The number of carbonyl (C=O) groups is 2.